The van der Waals surface area contributed by atoms with E-state index in [1.165, 1.54) is 0 Å². The quantitative estimate of drug-likeness (QED) is 0.781. The molecule has 5 atom stereocenters. The Morgan fingerprint density at radius 3 is 2.73 bits per heavy atom. The van der Waals surface area contributed by atoms with E-state index in [4.69, 9.17) is 14.2 Å². The molecule has 2 aliphatic heterocycles. The number of ketones is 1. The van der Waals surface area contributed by atoms with Crippen molar-refractivity contribution >= 4 is 11.7 Å². The molecular weight excluding hydrogens is 334 g/mol. The van der Waals surface area contributed by atoms with E-state index in [1.54, 1.807) is 7.11 Å². The fraction of sp³-hybridized carbons (Fsp3) is 0.600. The smallest absolute Gasteiger partial charge is 0.222 e. The molecule has 1 amide bonds. The average Bonchev–Trinajstić information content (AvgIpc) is 3.55. The van der Waals surface area contributed by atoms with E-state index in [2.05, 4.69) is 5.32 Å². The van der Waals surface area contributed by atoms with Gasteiger partial charge in [-0.05, 0) is 18.9 Å². The average molecular weight is 359 g/mol. The number of methoxy groups -OCH3 is 1. The van der Waals surface area contributed by atoms with Gasteiger partial charge in [0.1, 0.15) is 17.3 Å². The summed E-state index contributed by atoms with van der Waals surface area (Å²) in [5.74, 6) is -0.111. The van der Waals surface area contributed by atoms with E-state index in [9.17, 15) is 9.59 Å². The minimum atomic E-state index is -0.558. The molecule has 0 bridgehead atoms. The Morgan fingerprint density at radius 2 is 2.08 bits per heavy atom. The van der Waals surface area contributed by atoms with Crippen LogP contribution >= 0.6 is 0 Å². The molecule has 26 heavy (non-hydrogen) atoms. The molecule has 3 aliphatic rings. The predicted octanol–water partition coefficient (Wildman–Crippen LogP) is 1.61. The summed E-state index contributed by atoms with van der Waals surface area (Å²) in [6.07, 6.45) is 0.734. The monoisotopic (exact) mass is 359 g/mol. The number of carbonyl (C=O) groups excluding carboxylic acids is 2. The maximum absolute atomic E-state index is 12.3. The fourth-order valence-electron chi connectivity index (χ4n) is 4.43. The van der Waals surface area contributed by atoms with Gasteiger partial charge in [0.2, 0.25) is 5.91 Å². The van der Waals surface area contributed by atoms with Gasteiger partial charge in [-0.2, -0.15) is 0 Å². The molecule has 1 aliphatic carbocycles. The van der Waals surface area contributed by atoms with Crippen molar-refractivity contribution in [1.82, 2.24) is 5.32 Å². The van der Waals surface area contributed by atoms with Gasteiger partial charge < -0.3 is 19.5 Å². The van der Waals surface area contributed by atoms with E-state index < -0.39 is 11.7 Å². The highest BCUT2D eigenvalue weighted by atomic mass is 16.6. The molecule has 140 valence electrons. The van der Waals surface area contributed by atoms with E-state index in [0.29, 0.717) is 26.0 Å². The third-order valence-corrected chi connectivity index (χ3v) is 6.05. The van der Waals surface area contributed by atoms with Crippen molar-refractivity contribution in [3.05, 3.63) is 35.9 Å². The molecule has 6 nitrogen and oxygen atoms in total. The van der Waals surface area contributed by atoms with Gasteiger partial charge in [-0.25, -0.2) is 0 Å². The first-order valence-corrected chi connectivity index (χ1v) is 9.16. The Balaban J connectivity index is 1.38. The van der Waals surface area contributed by atoms with Crippen LogP contribution in [0.1, 0.15) is 31.7 Å². The summed E-state index contributed by atoms with van der Waals surface area (Å²) in [7, 11) is 1.56. The molecule has 1 aromatic carbocycles. The van der Waals surface area contributed by atoms with Crippen LogP contribution in [0.2, 0.25) is 0 Å². The number of rotatable bonds is 6. The van der Waals surface area contributed by atoms with Gasteiger partial charge in [0, 0.05) is 20.1 Å². The van der Waals surface area contributed by atoms with Crippen molar-refractivity contribution in [1.29, 1.82) is 0 Å². The molecule has 1 N–H and O–H groups in total. The zero-order valence-electron chi connectivity index (χ0n) is 15.2. The molecule has 1 saturated carbocycles. The lowest BCUT2D eigenvalue weighted by atomic mass is 9.69. The largest absolute Gasteiger partial charge is 0.373 e. The lowest BCUT2D eigenvalue weighted by Crippen LogP contribution is -2.53. The first-order valence-electron chi connectivity index (χ1n) is 9.16. The van der Waals surface area contributed by atoms with Crippen LogP contribution in [0.4, 0.5) is 0 Å². The number of hydrogen-bond donors (Lipinski definition) is 1. The topological polar surface area (TPSA) is 80.5 Å². The van der Waals surface area contributed by atoms with Gasteiger partial charge >= 0.3 is 0 Å². The standard InChI is InChI=1S/C20H25NO5/c1-19(18-17(24-2)14(22)8-9-20(18)12-25-20)15(26-19)10-16(23)21-11-13-6-4-3-5-7-13/h3-7,15,17-18H,8-12H2,1-2H3,(H,21,23)/t15-,17-,18-,19+,20+/m1/s1. The Kier molecular flexibility index (Phi) is 4.37. The van der Waals surface area contributed by atoms with E-state index >= 15 is 0 Å². The fourth-order valence-corrected chi connectivity index (χ4v) is 4.43. The Bertz CT molecular complexity index is 701. The Hall–Kier alpha value is -1.76. The van der Waals surface area contributed by atoms with Crippen LogP contribution in [-0.4, -0.2) is 48.8 Å². The van der Waals surface area contributed by atoms with Gasteiger partial charge in [0.25, 0.3) is 0 Å². The molecule has 3 fully saturated rings. The summed E-state index contributed by atoms with van der Waals surface area (Å²) in [6, 6.07) is 9.79. The van der Waals surface area contributed by atoms with Gasteiger partial charge in [0.05, 0.1) is 25.0 Å². The molecule has 6 heteroatoms. The molecule has 2 heterocycles. The second kappa shape index (κ2) is 6.44. The van der Waals surface area contributed by atoms with E-state index in [-0.39, 0.29) is 35.7 Å². The van der Waals surface area contributed by atoms with Crippen LogP contribution in [0.25, 0.3) is 0 Å². The number of nitrogens with one attached hydrogen (secondary N) is 1. The molecule has 4 rings (SSSR count). The van der Waals surface area contributed by atoms with Crippen LogP contribution in [0.3, 0.4) is 0 Å². The zero-order chi connectivity index (χ0) is 18.4. The van der Waals surface area contributed by atoms with Gasteiger partial charge in [-0.15, -0.1) is 0 Å². The van der Waals surface area contributed by atoms with Crippen molar-refractivity contribution in [3.63, 3.8) is 0 Å². The first kappa shape index (κ1) is 17.6. The summed E-state index contributed by atoms with van der Waals surface area (Å²) < 4.78 is 17.2. The molecule has 1 aromatic rings. The first-order chi connectivity index (χ1) is 12.5. The number of hydrogen-bond acceptors (Lipinski definition) is 5. The highest BCUT2D eigenvalue weighted by molar-refractivity contribution is 5.85. The lowest BCUT2D eigenvalue weighted by Gasteiger charge is -2.37. The van der Waals surface area contributed by atoms with Crippen molar-refractivity contribution in [2.75, 3.05) is 13.7 Å². The van der Waals surface area contributed by atoms with Gasteiger partial charge in [-0.1, -0.05) is 30.3 Å². The third kappa shape index (κ3) is 3.06. The van der Waals surface area contributed by atoms with Crippen LogP contribution < -0.4 is 5.32 Å². The van der Waals surface area contributed by atoms with Gasteiger partial charge in [0.15, 0.2) is 5.78 Å². The number of ether oxygens (including phenoxy) is 3. The van der Waals surface area contributed by atoms with Crippen molar-refractivity contribution in [3.8, 4) is 0 Å². The summed E-state index contributed by atoms with van der Waals surface area (Å²) in [5.41, 5.74) is 0.179. The maximum atomic E-state index is 12.3. The number of Topliss-reactive ketones (excluding diaryl/α,β-unsaturated/α-hetero) is 1. The van der Waals surface area contributed by atoms with Crippen LogP contribution in [0.15, 0.2) is 30.3 Å². The molecule has 0 radical (unpaired) electrons. The van der Waals surface area contributed by atoms with Gasteiger partial charge in [-0.3, -0.25) is 9.59 Å². The summed E-state index contributed by atoms with van der Waals surface area (Å²) >= 11 is 0. The van der Waals surface area contributed by atoms with Crippen LogP contribution in [0.5, 0.6) is 0 Å². The number of carbonyl (C=O) groups is 2. The zero-order valence-corrected chi connectivity index (χ0v) is 15.2. The highest BCUT2D eigenvalue weighted by Crippen LogP contribution is 2.58. The number of benzene rings is 1. The van der Waals surface area contributed by atoms with Crippen LogP contribution in [0, 0.1) is 5.92 Å². The molecule has 1 spiro atoms. The Morgan fingerprint density at radius 1 is 1.35 bits per heavy atom. The predicted molar refractivity (Wildman–Crippen MR) is 93.4 cm³/mol. The maximum Gasteiger partial charge on any atom is 0.222 e. The molecule has 0 unspecified atom stereocenters. The minimum Gasteiger partial charge on any atom is -0.373 e. The van der Waals surface area contributed by atoms with E-state index in [0.717, 1.165) is 5.56 Å². The van der Waals surface area contributed by atoms with Crippen molar-refractivity contribution in [2.45, 2.75) is 56.1 Å². The SMILES string of the molecule is CO[C@@H]1C(=O)CC[C@]2(CO2)[C@H]1[C@@]1(C)O[C@@H]1CC(=O)NCc1ccccc1. The highest BCUT2D eigenvalue weighted by Gasteiger charge is 2.72. The minimum absolute atomic E-state index is 0.0514. The molecule has 2 saturated heterocycles. The van der Waals surface area contributed by atoms with E-state index in [1.807, 2.05) is 37.3 Å². The summed E-state index contributed by atoms with van der Waals surface area (Å²) in [5, 5.41) is 2.93. The normalized spacial score (nSPS) is 38.2. The molecule has 0 aromatic heterocycles. The summed E-state index contributed by atoms with van der Waals surface area (Å²) in [4.78, 5) is 24.6. The molecular formula is C20H25NO5. The Labute approximate surface area is 153 Å². The number of amides is 1. The van der Waals surface area contributed by atoms with Crippen molar-refractivity contribution in [2.24, 2.45) is 5.92 Å². The third-order valence-electron chi connectivity index (χ3n) is 6.05. The second-order valence-corrected chi connectivity index (χ2v) is 7.71. The number of epoxide rings is 2. The van der Waals surface area contributed by atoms with Crippen LogP contribution in [-0.2, 0) is 30.3 Å². The lowest BCUT2D eigenvalue weighted by molar-refractivity contribution is -0.142. The summed E-state index contributed by atoms with van der Waals surface area (Å²) in [6.45, 7) is 3.11. The van der Waals surface area contributed by atoms with Crippen molar-refractivity contribution < 1.29 is 23.8 Å². The second-order valence-electron chi connectivity index (χ2n) is 7.71.